The number of carbonyl (C=O) groups is 1. The molecular weight excluding hydrogens is 320 g/mol. The van der Waals surface area contributed by atoms with Gasteiger partial charge in [-0.05, 0) is 30.7 Å². The van der Waals surface area contributed by atoms with Gasteiger partial charge < -0.3 is 5.32 Å². The molecule has 1 aromatic heterocycles. The Kier molecular flexibility index (Phi) is 4.47. The Morgan fingerprint density at radius 1 is 1.20 bits per heavy atom. The molecule has 0 unspecified atom stereocenters. The van der Waals surface area contributed by atoms with Crippen molar-refractivity contribution >= 4 is 34.4 Å². The van der Waals surface area contributed by atoms with Crippen LogP contribution in [-0.2, 0) is 4.79 Å². The fourth-order valence-corrected chi connectivity index (χ4v) is 2.25. The van der Waals surface area contributed by atoms with E-state index < -0.39 is 10.8 Å². The lowest BCUT2D eigenvalue weighted by Crippen LogP contribution is -2.09. The van der Waals surface area contributed by atoms with Gasteiger partial charge in [-0.3, -0.25) is 19.9 Å². The summed E-state index contributed by atoms with van der Waals surface area (Å²) in [7, 11) is 0. The second kappa shape index (κ2) is 6.88. The number of hydrogen-bond donors (Lipinski definition) is 1. The number of fused-ring (bicyclic) bond motifs is 1. The first-order valence-electron chi connectivity index (χ1n) is 7.49. The van der Waals surface area contributed by atoms with Crippen molar-refractivity contribution in [3.63, 3.8) is 0 Å². The first-order valence-corrected chi connectivity index (χ1v) is 7.49. The van der Waals surface area contributed by atoms with Gasteiger partial charge in [-0.15, -0.1) is 0 Å². The van der Waals surface area contributed by atoms with Crippen LogP contribution in [0.4, 0.5) is 11.4 Å². The van der Waals surface area contributed by atoms with Crippen LogP contribution in [0, 0.1) is 17.0 Å². The summed E-state index contributed by atoms with van der Waals surface area (Å²) in [6, 6.07) is 11.7. The monoisotopic (exact) mass is 334 g/mol. The van der Waals surface area contributed by atoms with E-state index >= 15 is 0 Å². The highest BCUT2D eigenvalue weighted by molar-refractivity contribution is 6.02. The average Bonchev–Trinajstić information content (AvgIpc) is 2.61. The SMILES string of the molecule is Cc1ccc([N+](=O)[O-])cc1NC(=O)/C=C/c1cnc2ccccc2n1. The normalized spacial score (nSPS) is 10.9. The fourth-order valence-electron chi connectivity index (χ4n) is 2.25. The van der Waals surface area contributed by atoms with E-state index in [0.717, 1.165) is 16.6 Å². The third-order valence-corrected chi connectivity index (χ3v) is 3.56. The van der Waals surface area contributed by atoms with Gasteiger partial charge in [-0.1, -0.05) is 18.2 Å². The Labute approximate surface area is 143 Å². The maximum Gasteiger partial charge on any atom is 0.271 e. The van der Waals surface area contributed by atoms with Crippen molar-refractivity contribution in [2.24, 2.45) is 0 Å². The van der Waals surface area contributed by atoms with E-state index in [-0.39, 0.29) is 5.69 Å². The standard InChI is InChI=1S/C18H14N4O3/c1-12-6-8-14(22(24)25)10-17(12)21-18(23)9-7-13-11-19-15-4-2-3-5-16(15)20-13/h2-11H,1H3,(H,21,23)/b9-7+. The Morgan fingerprint density at radius 2 is 1.96 bits per heavy atom. The van der Waals surface area contributed by atoms with Gasteiger partial charge in [-0.2, -0.15) is 0 Å². The lowest BCUT2D eigenvalue weighted by molar-refractivity contribution is -0.384. The minimum absolute atomic E-state index is 0.0784. The molecule has 1 heterocycles. The van der Waals surface area contributed by atoms with Crippen LogP contribution in [0.2, 0.25) is 0 Å². The summed E-state index contributed by atoms with van der Waals surface area (Å²) in [4.78, 5) is 31.1. The number of aryl methyl sites for hydroxylation is 1. The van der Waals surface area contributed by atoms with Crippen molar-refractivity contribution in [2.75, 3.05) is 5.32 Å². The first-order chi connectivity index (χ1) is 12.0. The van der Waals surface area contributed by atoms with E-state index in [1.54, 1.807) is 25.3 Å². The number of nitro groups is 1. The number of nitrogens with one attached hydrogen (secondary N) is 1. The smallest absolute Gasteiger partial charge is 0.271 e. The third-order valence-electron chi connectivity index (χ3n) is 3.56. The van der Waals surface area contributed by atoms with Gasteiger partial charge in [0.05, 0.1) is 33.5 Å². The number of para-hydroxylation sites is 2. The number of rotatable bonds is 4. The highest BCUT2D eigenvalue weighted by atomic mass is 16.6. The van der Waals surface area contributed by atoms with Gasteiger partial charge in [0.15, 0.2) is 0 Å². The van der Waals surface area contributed by atoms with Crippen LogP contribution in [0.3, 0.4) is 0 Å². The molecule has 7 nitrogen and oxygen atoms in total. The molecule has 0 saturated heterocycles. The maximum absolute atomic E-state index is 12.1. The summed E-state index contributed by atoms with van der Waals surface area (Å²) in [6.07, 6.45) is 4.43. The van der Waals surface area contributed by atoms with Crippen LogP contribution in [0.15, 0.2) is 54.7 Å². The molecule has 0 aliphatic carbocycles. The number of nitrogens with zero attached hydrogens (tertiary/aromatic N) is 3. The largest absolute Gasteiger partial charge is 0.322 e. The number of hydrogen-bond acceptors (Lipinski definition) is 5. The Hall–Kier alpha value is -3.61. The van der Waals surface area contributed by atoms with Crippen LogP contribution >= 0.6 is 0 Å². The van der Waals surface area contributed by atoms with E-state index in [4.69, 9.17) is 0 Å². The van der Waals surface area contributed by atoms with Crippen LogP contribution < -0.4 is 5.32 Å². The first kappa shape index (κ1) is 16.3. The van der Waals surface area contributed by atoms with Gasteiger partial charge in [-0.25, -0.2) is 4.98 Å². The Morgan fingerprint density at radius 3 is 2.72 bits per heavy atom. The number of non-ortho nitro benzene ring substituents is 1. The van der Waals surface area contributed by atoms with Crippen molar-refractivity contribution in [2.45, 2.75) is 6.92 Å². The average molecular weight is 334 g/mol. The predicted molar refractivity (Wildman–Crippen MR) is 95.0 cm³/mol. The molecule has 1 N–H and O–H groups in total. The molecule has 0 radical (unpaired) electrons. The predicted octanol–water partition coefficient (Wildman–Crippen LogP) is 3.50. The molecule has 0 saturated carbocycles. The number of nitro benzene ring substituents is 1. The Balaban J connectivity index is 1.76. The summed E-state index contributed by atoms with van der Waals surface area (Å²) in [6.45, 7) is 1.76. The summed E-state index contributed by atoms with van der Waals surface area (Å²) in [5.41, 5.74) is 3.11. The second-order valence-electron chi connectivity index (χ2n) is 5.36. The summed E-state index contributed by atoms with van der Waals surface area (Å²) in [5.74, 6) is -0.404. The van der Waals surface area contributed by atoms with Crippen LogP contribution in [0.1, 0.15) is 11.3 Å². The van der Waals surface area contributed by atoms with Crippen LogP contribution in [0.5, 0.6) is 0 Å². The highest BCUT2D eigenvalue weighted by Gasteiger charge is 2.10. The van der Waals surface area contributed by atoms with Gasteiger partial charge >= 0.3 is 0 Å². The van der Waals surface area contributed by atoms with Gasteiger partial charge in [0.25, 0.3) is 5.69 Å². The zero-order valence-electron chi connectivity index (χ0n) is 13.3. The van der Waals surface area contributed by atoms with E-state index in [2.05, 4.69) is 15.3 Å². The Bertz CT molecular complexity index is 999. The number of anilines is 1. The second-order valence-corrected chi connectivity index (χ2v) is 5.36. The van der Waals surface area contributed by atoms with Crippen molar-refractivity contribution in [1.29, 1.82) is 0 Å². The number of aromatic nitrogens is 2. The molecule has 2 aromatic carbocycles. The molecule has 0 bridgehead atoms. The molecule has 1 amide bonds. The van der Waals surface area contributed by atoms with Crippen molar-refractivity contribution in [3.05, 3.63) is 76.1 Å². The van der Waals surface area contributed by atoms with E-state index in [1.807, 2.05) is 24.3 Å². The van der Waals surface area contributed by atoms with Crippen molar-refractivity contribution in [3.8, 4) is 0 Å². The van der Waals surface area contributed by atoms with E-state index in [1.165, 1.54) is 18.2 Å². The van der Waals surface area contributed by atoms with Gasteiger partial charge in [0.2, 0.25) is 5.91 Å². The number of amides is 1. The summed E-state index contributed by atoms with van der Waals surface area (Å²) in [5, 5.41) is 13.5. The van der Waals surface area contributed by atoms with Gasteiger partial charge in [0.1, 0.15) is 0 Å². The quantitative estimate of drug-likeness (QED) is 0.447. The molecule has 25 heavy (non-hydrogen) atoms. The zero-order valence-corrected chi connectivity index (χ0v) is 13.3. The molecule has 7 heteroatoms. The van der Waals surface area contributed by atoms with Crippen LogP contribution in [-0.4, -0.2) is 20.8 Å². The molecule has 3 rings (SSSR count). The molecule has 0 aliphatic heterocycles. The lowest BCUT2D eigenvalue weighted by atomic mass is 10.2. The summed E-state index contributed by atoms with van der Waals surface area (Å²) < 4.78 is 0. The topological polar surface area (TPSA) is 98.0 Å². The zero-order chi connectivity index (χ0) is 17.8. The maximum atomic E-state index is 12.1. The molecule has 0 atom stereocenters. The van der Waals surface area contributed by atoms with Crippen LogP contribution in [0.25, 0.3) is 17.1 Å². The number of carbonyl (C=O) groups excluding carboxylic acids is 1. The molecule has 0 spiro atoms. The van der Waals surface area contributed by atoms with Gasteiger partial charge in [0, 0.05) is 18.2 Å². The molecule has 124 valence electrons. The minimum Gasteiger partial charge on any atom is -0.322 e. The van der Waals surface area contributed by atoms with Crippen molar-refractivity contribution < 1.29 is 9.72 Å². The van der Waals surface area contributed by atoms with E-state index in [0.29, 0.717) is 11.4 Å². The fraction of sp³-hybridized carbons (Fsp3) is 0.0556. The molecule has 0 aliphatic rings. The summed E-state index contributed by atoms with van der Waals surface area (Å²) >= 11 is 0. The third kappa shape index (κ3) is 3.84. The van der Waals surface area contributed by atoms with E-state index in [9.17, 15) is 14.9 Å². The van der Waals surface area contributed by atoms with Crippen molar-refractivity contribution in [1.82, 2.24) is 9.97 Å². The molecule has 0 fully saturated rings. The molecule has 3 aromatic rings. The minimum atomic E-state index is -0.504. The number of benzene rings is 2. The lowest BCUT2D eigenvalue weighted by Gasteiger charge is -2.06. The highest BCUT2D eigenvalue weighted by Crippen LogP contribution is 2.21. The molecular formula is C18H14N4O3.